The molecule has 1 aliphatic carbocycles. The van der Waals surface area contributed by atoms with Crippen LogP contribution >= 0.6 is 15.9 Å². The summed E-state index contributed by atoms with van der Waals surface area (Å²) in [4.78, 5) is 25.6. The summed E-state index contributed by atoms with van der Waals surface area (Å²) in [6.45, 7) is 0.210. The summed E-state index contributed by atoms with van der Waals surface area (Å²) in [6.07, 6.45) is 0.124. The van der Waals surface area contributed by atoms with Gasteiger partial charge < -0.3 is 9.47 Å². The Morgan fingerprint density at radius 2 is 1.53 bits per heavy atom. The van der Waals surface area contributed by atoms with Gasteiger partial charge in [0.1, 0.15) is 13.2 Å². The maximum Gasteiger partial charge on any atom is 0.429 e. The van der Waals surface area contributed by atoms with Crippen molar-refractivity contribution in [3.05, 3.63) is 106 Å². The Morgan fingerprint density at radius 1 is 0.906 bits per heavy atom. The molecule has 2 amide bonds. The zero-order chi connectivity index (χ0) is 22.3. The standard InChI is InChI=1S/C25H23BrN2O4/c26-21-13-11-20-12-14-23(22(20)15-21)28(25(30)32-17-19-9-5-2-6-10-19)27-24(29)31-16-18-7-3-1-4-8-18/h1-11,13,15,23H,12,14,16-17H2,(H,27,29)/t23-/m0/s1. The van der Waals surface area contributed by atoms with Crippen molar-refractivity contribution in [1.29, 1.82) is 0 Å². The van der Waals surface area contributed by atoms with Crippen molar-refractivity contribution in [3.8, 4) is 0 Å². The number of benzene rings is 3. The van der Waals surface area contributed by atoms with Crippen LogP contribution in [-0.2, 0) is 29.1 Å². The van der Waals surface area contributed by atoms with Crippen LogP contribution in [-0.4, -0.2) is 17.2 Å². The highest BCUT2D eigenvalue weighted by molar-refractivity contribution is 9.10. The van der Waals surface area contributed by atoms with Gasteiger partial charge in [-0.1, -0.05) is 82.7 Å². The minimum atomic E-state index is -0.714. The zero-order valence-corrected chi connectivity index (χ0v) is 19.0. The molecule has 0 bridgehead atoms. The van der Waals surface area contributed by atoms with E-state index in [1.165, 1.54) is 5.01 Å². The maximum atomic E-state index is 13.0. The molecule has 1 aliphatic rings. The van der Waals surface area contributed by atoms with Gasteiger partial charge in [-0.05, 0) is 47.2 Å². The first-order valence-electron chi connectivity index (χ1n) is 10.4. The van der Waals surface area contributed by atoms with E-state index in [2.05, 4.69) is 21.4 Å². The molecule has 0 aromatic heterocycles. The lowest BCUT2D eigenvalue weighted by molar-refractivity contribution is 0.0461. The number of aryl methyl sites for hydroxylation is 1. The van der Waals surface area contributed by atoms with Gasteiger partial charge >= 0.3 is 12.2 Å². The number of carbonyl (C=O) groups excluding carboxylic acids is 2. The van der Waals surface area contributed by atoms with Crippen molar-refractivity contribution >= 4 is 28.1 Å². The Kier molecular flexibility index (Phi) is 7.07. The quantitative estimate of drug-likeness (QED) is 0.447. The van der Waals surface area contributed by atoms with Crippen LogP contribution in [0.1, 0.15) is 34.7 Å². The second-order valence-corrected chi connectivity index (χ2v) is 8.40. The third kappa shape index (κ3) is 5.48. The summed E-state index contributed by atoms with van der Waals surface area (Å²) in [7, 11) is 0. The first kappa shape index (κ1) is 21.9. The first-order chi connectivity index (χ1) is 15.6. The molecule has 0 spiro atoms. The van der Waals surface area contributed by atoms with Crippen LogP contribution in [0.2, 0.25) is 0 Å². The Bertz CT molecular complexity index is 1080. The summed E-state index contributed by atoms with van der Waals surface area (Å²) in [6, 6.07) is 24.4. The van der Waals surface area contributed by atoms with Crippen LogP contribution in [0, 0.1) is 0 Å². The average Bonchev–Trinajstić information content (AvgIpc) is 3.23. The van der Waals surface area contributed by atoms with Crippen molar-refractivity contribution in [3.63, 3.8) is 0 Å². The van der Waals surface area contributed by atoms with Crippen molar-refractivity contribution < 1.29 is 19.1 Å². The lowest BCUT2D eigenvalue weighted by Gasteiger charge is -2.28. The summed E-state index contributed by atoms with van der Waals surface area (Å²) < 4.78 is 11.8. The minimum Gasteiger partial charge on any atom is -0.443 e. The first-order valence-corrected chi connectivity index (χ1v) is 11.1. The highest BCUT2D eigenvalue weighted by Crippen LogP contribution is 2.37. The fraction of sp³-hybridized carbons (Fsp3) is 0.200. The number of halogens is 1. The molecule has 0 radical (unpaired) electrons. The maximum absolute atomic E-state index is 13.0. The van der Waals surface area contributed by atoms with Gasteiger partial charge in [-0.2, -0.15) is 0 Å². The topological polar surface area (TPSA) is 67.9 Å². The number of fused-ring (bicyclic) bond motifs is 1. The molecule has 3 aromatic carbocycles. The molecule has 0 saturated heterocycles. The van der Waals surface area contributed by atoms with E-state index in [9.17, 15) is 9.59 Å². The summed E-state index contributed by atoms with van der Waals surface area (Å²) in [5.41, 5.74) is 6.44. The van der Waals surface area contributed by atoms with Gasteiger partial charge in [0.25, 0.3) is 0 Å². The number of hydrogen-bond acceptors (Lipinski definition) is 4. The number of hydrazine groups is 1. The number of nitrogens with zero attached hydrogens (tertiary/aromatic N) is 1. The predicted molar refractivity (Wildman–Crippen MR) is 123 cm³/mol. The number of ether oxygens (including phenoxy) is 2. The van der Waals surface area contributed by atoms with Crippen molar-refractivity contribution in [2.45, 2.75) is 32.1 Å². The van der Waals surface area contributed by atoms with E-state index in [-0.39, 0.29) is 19.3 Å². The smallest absolute Gasteiger partial charge is 0.429 e. The second kappa shape index (κ2) is 10.3. The lowest BCUT2D eigenvalue weighted by Crippen LogP contribution is -2.48. The monoisotopic (exact) mass is 494 g/mol. The van der Waals surface area contributed by atoms with E-state index in [0.29, 0.717) is 6.42 Å². The highest BCUT2D eigenvalue weighted by atomic mass is 79.9. The van der Waals surface area contributed by atoms with Gasteiger partial charge in [-0.15, -0.1) is 0 Å². The van der Waals surface area contributed by atoms with Crippen LogP contribution in [0.25, 0.3) is 0 Å². The molecule has 0 fully saturated rings. The molecule has 0 saturated carbocycles. The summed E-state index contributed by atoms with van der Waals surface area (Å²) in [5, 5.41) is 1.24. The molecular weight excluding hydrogens is 472 g/mol. The van der Waals surface area contributed by atoms with E-state index in [4.69, 9.17) is 9.47 Å². The molecule has 4 rings (SSSR count). The van der Waals surface area contributed by atoms with Gasteiger partial charge in [0.2, 0.25) is 0 Å². The van der Waals surface area contributed by atoms with E-state index in [1.807, 2.05) is 78.9 Å². The molecular formula is C25H23BrN2O4. The number of nitrogens with one attached hydrogen (secondary N) is 1. The van der Waals surface area contributed by atoms with E-state index >= 15 is 0 Å². The van der Waals surface area contributed by atoms with E-state index in [0.717, 1.165) is 33.1 Å². The highest BCUT2D eigenvalue weighted by Gasteiger charge is 2.34. The SMILES string of the molecule is O=C(NN(C(=O)OCc1ccccc1)[C@H]1CCc2ccc(Br)cc21)OCc1ccccc1. The summed E-state index contributed by atoms with van der Waals surface area (Å²) >= 11 is 3.49. The molecule has 6 nitrogen and oxygen atoms in total. The minimum absolute atomic E-state index is 0.104. The van der Waals surface area contributed by atoms with Crippen LogP contribution in [0.3, 0.4) is 0 Å². The van der Waals surface area contributed by atoms with Gasteiger partial charge in [0.05, 0.1) is 6.04 Å². The Hall–Kier alpha value is -3.32. The number of amides is 2. The lowest BCUT2D eigenvalue weighted by atomic mass is 10.1. The molecule has 0 unspecified atom stereocenters. The molecule has 3 aromatic rings. The molecule has 7 heteroatoms. The van der Waals surface area contributed by atoms with E-state index < -0.39 is 12.2 Å². The van der Waals surface area contributed by atoms with Crippen LogP contribution in [0.15, 0.2) is 83.3 Å². The van der Waals surface area contributed by atoms with Gasteiger partial charge in [0.15, 0.2) is 0 Å². The summed E-state index contributed by atoms with van der Waals surface area (Å²) in [5.74, 6) is 0. The fourth-order valence-electron chi connectivity index (χ4n) is 3.71. The normalized spacial score (nSPS) is 14.3. The van der Waals surface area contributed by atoms with Crippen molar-refractivity contribution in [2.24, 2.45) is 0 Å². The second-order valence-electron chi connectivity index (χ2n) is 7.48. The number of hydrogen-bond donors (Lipinski definition) is 1. The molecule has 164 valence electrons. The zero-order valence-electron chi connectivity index (χ0n) is 17.4. The van der Waals surface area contributed by atoms with Crippen LogP contribution in [0.4, 0.5) is 9.59 Å². The Labute approximate surface area is 195 Å². The molecule has 1 N–H and O–H groups in total. The van der Waals surface area contributed by atoms with Gasteiger partial charge in [-0.25, -0.2) is 20.0 Å². The van der Waals surface area contributed by atoms with Crippen LogP contribution < -0.4 is 5.43 Å². The molecule has 0 heterocycles. The van der Waals surface area contributed by atoms with Crippen molar-refractivity contribution in [1.82, 2.24) is 10.4 Å². The fourth-order valence-corrected chi connectivity index (χ4v) is 4.09. The van der Waals surface area contributed by atoms with Crippen LogP contribution in [0.5, 0.6) is 0 Å². The third-order valence-electron chi connectivity index (χ3n) is 5.29. The number of carbonyl (C=O) groups is 2. The van der Waals surface area contributed by atoms with Crippen molar-refractivity contribution in [2.75, 3.05) is 0 Å². The molecule has 1 atom stereocenters. The van der Waals surface area contributed by atoms with E-state index in [1.54, 1.807) is 0 Å². The molecule has 32 heavy (non-hydrogen) atoms. The predicted octanol–water partition coefficient (Wildman–Crippen LogP) is 5.92. The third-order valence-corrected chi connectivity index (χ3v) is 5.79. The number of rotatable bonds is 5. The molecule has 0 aliphatic heterocycles. The average molecular weight is 495 g/mol. The Morgan fingerprint density at radius 3 is 2.19 bits per heavy atom. The largest absolute Gasteiger partial charge is 0.443 e. The Balaban J connectivity index is 1.48. The van der Waals surface area contributed by atoms with Gasteiger partial charge in [-0.3, -0.25) is 0 Å². The van der Waals surface area contributed by atoms with Gasteiger partial charge in [0, 0.05) is 4.47 Å².